The maximum Gasteiger partial charge on any atom is 0.240 e. The van der Waals surface area contributed by atoms with Crippen LogP contribution in [0, 0.1) is 5.92 Å². The topological polar surface area (TPSA) is 106 Å². The quantitative estimate of drug-likeness (QED) is 0.837. The molecule has 0 aliphatic heterocycles. The highest BCUT2D eigenvalue weighted by molar-refractivity contribution is 7.89. The number of primary sulfonamides is 1. The Bertz CT molecular complexity index is 677. The van der Waals surface area contributed by atoms with Gasteiger partial charge in [0.05, 0.1) is 9.79 Å². The van der Waals surface area contributed by atoms with Crippen LogP contribution in [0.5, 0.6) is 0 Å². The molecule has 1 aromatic carbocycles. The molecule has 1 aliphatic rings. The maximum absolute atomic E-state index is 12.2. The van der Waals surface area contributed by atoms with E-state index in [0.717, 1.165) is 19.3 Å². The van der Waals surface area contributed by atoms with Gasteiger partial charge in [-0.05, 0) is 49.9 Å². The number of rotatable bonds is 5. The fourth-order valence-corrected chi connectivity index (χ4v) is 3.99. The van der Waals surface area contributed by atoms with Crippen molar-refractivity contribution in [2.24, 2.45) is 11.1 Å². The van der Waals surface area contributed by atoms with Gasteiger partial charge in [-0.3, -0.25) is 0 Å². The summed E-state index contributed by atoms with van der Waals surface area (Å²) < 4.78 is 49.2. The van der Waals surface area contributed by atoms with Crippen LogP contribution in [0.1, 0.15) is 26.2 Å². The van der Waals surface area contributed by atoms with Crippen LogP contribution in [0.4, 0.5) is 0 Å². The first-order chi connectivity index (χ1) is 9.20. The lowest BCUT2D eigenvalue weighted by Crippen LogP contribution is -2.40. The zero-order valence-electron chi connectivity index (χ0n) is 11.1. The van der Waals surface area contributed by atoms with Crippen LogP contribution < -0.4 is 9.86 Å². The number of sulfonamides is 2. The summed E-state index contributed by atoms with van der Waals surface area (Å²) in [6, 6.07) is 4.76. The molecule has 1 fully saturated rings. The van der Waals surface area contributed by atoms with E-state index in [4.69, 9.17) is 5.14 Å². The van der Waals surface area contributed by atoms with Crippen molar-refractivity contribution >= 4 is 20.0 Å². The van der Waals surface area contributed by atoms with Crippen LogP contribution in [0.15, 0.2) is 34.1 Å². The van der Waals surface area contributed by atoms with Crippen molar-refractivity contribution in [1.82, 2.24) is 4.72 Å². The van der Waals surface area contributed by atoms with E-state index in [-0.39, 0.29) is 15.8 Å². The van der Waals surface area contributed by atoms with Gasteiger partial charge in [-0.25, -0.2) is 26.7 Å². The molecule has 0 aromatic heterocycles. The zero-order valence-corrected chi connectivity index (χ0v) is 12.7. The fourth-order valence-electron chi connectivity index (χ4n) is 2.16. The van der Waals surface area contributed by atoms with Crippen molar-refractivity contribution in [3.63, 3.8) is 0 Å². The molecule has 1 unspecified atom stereocenters. The molecule has 1 aromatic rings. The Morgan fingerprint density at radius 1 is 1.10 bits per heavy atom. The van der Waals surface area contributed by atoms with Gasteiger partial charge < -0.3 is 0 Å². The second-order valence-corrected chi connectivity index (χ2v) is 8.39. The van der Waals surface area contributed by atoms with Crippen molar-refractivity contribution in [2.75, 3.05) is 0 Å². The van der Waals surface area contributed by atoms with E-state index >= 15 is 0 Å². The number of nitrogens with one attached hydrogen (secondary N) is 1. The van der Waals surface area contributed by atoms with Crippen molar-refractivity contribution in [1.29, 1.82) is 0 Å². The van der Waals surface area contributed by atoms with Crippen molar-refractivity contribution < 1.29 is 16.8 Å². The highest BCUT2D eigenvalue weighted by Gasteiger charge is 2.27. The largest absolute Gasteiger partial charge is 0.240 e. The third-order valence-electron chi connectivity index (χ3n) is 3.66. The molecule has 6 nitrogen and oxygen atoms in total. The Morgan fingerprint density at radius 2 is 1.60 bits per heavy atom. The summed E-state index contributed by atoms with van der Waals surface area (Å²) in [7, 11) is -7.44. The van der Waals surface area contributed by atoms with E-state index in [1.165, 1.54) is 24.3 Å². The van der Waals surface area contributed by atoms with Gasteiger partial charge in [0.2, 0.25) is 20.0 Å². The Kier molecular flexibility index (Phi) is 4.19. The van der Waals surface area contributed by atoms with Crippen LogP contribution in [-0.2, 0) is 20.0 Å². The molecule has 20 heavy (non-hydrogen) atoms. The Labute approximate surface area is 119 Å². The Hall–Kier alpha value is -0.960. The smallest absolute Gasteiger partial charge is 0.225 e. The summed E-state index contributed by atoms with van der Waals surface area (Å²) in [4.78, 5) is -0.0698. The van der Waals surface area contributed by atoms with Crippen LogP contribution in [-0.4, -0.2) is 22.9 Å². The van der Waals surface area contributed by atoms with Gasteiger partial charge in [-0.2, -0.15) is 0 Å². The normalized spacial score (nSPS) is 18.5. The summed E-state index contributed by atoms with van der Waals surface area (Å²) in [6.07, 6.45) is 3.21. The maximum atomic E-state index is 12.2. The molecule has 1 atom stereocenters. The Balaban J connectivity index is 2.17. The summed E-state index contributed by atoms with van der Waals surface area (Å²) >= 11 is 0. The summed E-state index contributed by atoms with van der Waals surface area (Å²) in [6.45, 7) is 1.85. The minimum atomic E-state index is -3.81. The number of hydrogen-bond donors (Lipinski definition) is 2. The van der Waals surface area contributed by atoms with Crippen LogP contribution in [0.2, 0.25) is 0 Å². The minimum absolute atomic E-state index is 0.0380. The fraction of sp³-hybridized carbons (Fsp3) is 0.500. The van der Waals surface area contributed by atoms with E-state index in [1.807, 2.05) is 6.92 Å². The highest BCUT2D eigenvalue weighted by atomic mass is 32.2. The standard InChI is InChI=1S/C12H18N2O4S2/c1-9(10-3-2-4-10)14-20(17,18)12-7-5-11(6-8-12)19(13,15)16/h5-10,14H,2-4H2,1H3,(H2,13,15,16). The van der Waals surface area contributed by atoms with E-state index in [2.05, 4.69) is 4.72 Å². The predicted octanol–water partition coefficient (Wildman–Crippen LogP) is 0.801. The average molecular weight is 318 g/mol. The van der Waals surface area contributed by atoms with Gasteiger partial charge in [0.1, 0.15) is 0 Å². The molecular weight excluding hydrogens is 300 g/mol. The van der Waals surface area contributed by atoms with E-state index in [9.17, 15) is 16.8 Å². The molecule has 0 saturated heterocycles. The lowest BCUT2D eigenvalue weighted by atomic mass is 9.81. The molecular formula is C12H18N2O4S2. The van der Waals surface area contributed by atoms with Gasteiger partial charge in [0.15, 0.2) is 0 Å². The first-order valence-electron chi connectivity index (χ1n) is 6.35. The molecule has 0 amide bonds. The molecule has 1 aliphatic carbocycles. The van der Waals surface area contributed by atoms with Crippen LogP contribution >= 0.6 is 0 Å². The molecule has 112 valence electrons. The predicted molar refractivity (Wildman–Crippen MR) is 74.9 cm³/mol. The highest BCUT2D eigenvalue weighted by Crippen LogP contribution is 2.30. The molecule has 0 radical (unpaired) electrons. The van der Waals surface area contributed by atoms with E-state index in [1.54, 1.807) is 0 Å². The van der Waals surface area contributed by atoms with E-state index in [0.29, 0.717) is 5.92 Å². The zero-order chi connectivity index (χ0) is 15.0. The second-order valence-electron chi connectivity index (χ2n) is 5.12. The Morgan fingerprint density at radius 3 is 2.00 bits per heavy atom. The van der Waals surface area contributed by atoms with Gasteiger partial charge in [-0.1, -0.05) is 6.42 Å². The van der Waals surface area contributed by atoms with Crippen molar-refractivity contribution in [3.05, 3.63) is 24.3 Å². The number of benzene rings is 1. The van der Waals surface area contributed by atoms with Gasteiger partial charge in [0.25, 0.3) is 0 Å². The summed E-state index contributed by atoms with van der Waals surface area (Å²) in [5.41, 5.74) is 0. The molecule has 0 heterocycles. The van der Waals surface area contributed by atoms with Crippen LogP contribution in [0.25, 0.3) is 0 Å². The molecule has 2 rings (SSSR count). The lowest BCUT2D eigenvalue weighted by Gasteiger charge is -2.31. The summed E-state index contributed by atoms with van der Waals surface area (Å²) in [5.74, 6) is 0.383. The van der Waals surface area contributed by atoms with Crippen molar-refractivity contribution in [2.45, 2.75) is 42.0 Å². The third kappa shape index (κ3) is 3.38. The SMILES string of the molecule is CC(NS(=O)(=O)c1ccc(S(N)(=O)=O)cc1)C1CCC1. The van der Waals surface area contributed by atoms with Gasteiger partial charge in [0, 0.05) is 6.04 Å². The molecule has 0 spiro atoms. The molecule has 1 saturated carbocycles. The molecule has 0 bridgehead atoms. The number of hydrogen-bond acceptors (Lipinski definition) is 4. The second kappa shape index (κ2) is 5.44. The van der Waals surface area contributed by atoms with E-state index < -0.39 is 20.0 Å². The molecule has 8 heteroatoms. The number of nitrogens with two attached hydrogens (primary N) is 1. The monoisotopic (exact) mass is 318 g/mol. The van der Waals surface area contributed by atoms with Crippen molar-refractivity contribution in [3.8, 4) is 0 Å². The van der Waals surface area contributed by atoms with Gasteiger partial charge >= 0.3 is 0 Å². The van der Waals surface area contributed by atoms with Gasteiger partial charge in [-0.15, -0.1) is 0 Å². The first-order valence-corrected chi connectivity index (χ1v) is 9.38. The molecule has 3 N–H and O–H groups in total. The lowest BCUT2D eigenvalue weighted by molar-refractivity contribution is 0.260. The minimum Gasteiger partial charge on any atom is -0.225 e. The summed E-state index contributed by atoms with van der Waals surface area (Å²) in [5, 5.41) is 4.97. The van der Waals surface area contributed by atoms with Crippen LogP contribution in [0.3, 0.4) is 0 Å². The third-order valence-corrected chi connectivity index (χ3v) is 6.16. The first kappa shape index (κ1) is 15.4. The average Bonchev–Trinajstić information content (AvgIpc) is 2.24.